The molecule has 0 spiro atoms. The summed E-state index contributed by atoms with van der Waals surface area (Å²) in [6, 6.07) is 0. The Morgan fingerprint density at radius 2 is 2.07 bits per heavy atom. The summed E-state index contributed by atoms with van der Waals surface area (Å²) < 4.78 is 4.98. The van der Waals surface area contributed by atoms with Gasteiger partial charge in [0.25, 0.3) is 0 Å². The van der Waals surface area contributed by atoms with Crippen molar-refractivity contribution in [2.45, 2.75) is 26.7 Å². The lowest BCUT2D eigenvalue weighted by Crippen LogP contribution is -2.13. The summed E-state index contributed by atoms with van der Waals surface area (Å²) in [5.41, 5.74) is 4.54. The molecular formula is C10H18N4O. The number of aryl methyl sites for hydroxylation is 2. The maximum absolute atomic E-state index is 5.38. The van der Waals surface area contributed by atoms with Crippen LogP contribution in [0.2, 0.25) is 0 Å². The molecule has 0 saturated heterocycles. The summed E-state index contributed by atoms with van der Waals surface area (Å²) in [5, 5.41) is 0. The van der Waals surface area contributed by atoms with Gasteiger partial charge < -0.3 is 10.2 Å². The number of nitrogens with zero attached hydrogens (tertiary/aromatic N) is 2. The second-order valence-corrected chi connectivity index (χ2v) is 3.44. The Kier molecular flexibility index (Phi) is 4.45. The van der Waals surface area contributed by atoms with E-state index < -0.39 is 0 Å². The highest BCUT2D eigenvalue weighted by Gasteiger charge is 2.06. The van der Waals surface area contributed by atoms with Crippen LogP contribution in [-0.4, -0.2) is 23.7 Å². The molecule has 1 heterocycles. The van der Waals surface area contributed by atoms with E-state index in [4.69, 9.17) is 10.6 Å². The third-order valence-corrected chi connectivity index (χ3v) is 2.32. The number of nitrogens with two attached hydrogens (primary N) is 1. The van der Waals surface area contributed by atoms with E-state index in [0.29, 0.717) is 5.82 Å². The molecule has 0 aliphatic carbocycles. The first kappa shape index (κ1) is 11.9. The van der Waals surface area contributed by atoms with Gasteiger partial charge in [-0.2, -0.15) is 0 Å². The number of nitrogen functional groups attached to an aromatic ring is 1. The molecule has 5 heteroatoms. The monoisotopic (exact) mass is 210 g/mol. The van der Waals surface area contributed by atoms with Gasteiger partial charge in [-0.15, -0.1) is 0 Å². The van der Waals surface area contributed by atoms with Crippen LogP contribution in [0.4, 0.5) is 5.82 Å². The van der Waals surface area contributed by atoms with Crippen molar-refractivity contribution in [3.63, 3.8) is 0 Å². The maximum atomic E-state index is 5.38. The molecule has 0 atom stereocenters. The zero-order valence-electron chi connectivity index (χ0n) is 9.50. The highest BCUT2D eigenvalue weighted by molar-refractivity contribution is 5.44. The molecule has 84 valence electrons. The molecule has 1 rings (SSSR count). The molecule has 0 radical (unpaired) electrons. The lowest BCUT2D eigenvalue weighted by molar-refractivity contribution is 0.194. The number of hydrazine groups is 1. The van der Waals surface area contributed by atoms with E-state index >= 15 is 0 Å². The fourth-order valence-electron chi connectivity index (χ4n) is 1.31. The third kappa shape index (κ3) is 3.14. The van der Waals surface area contributed by atoms with E-state index in [0.717, 1.165) is 36.5 Å². The van der Waals surface area contributed by atoms with Crippen molar-refractivity contribution in [1.29, 1.82) is 0 Å². The van der Waals surface area contributed by atoms with E-state index in [2.05, 4.69) is 15.4 Å². The number of ether oxygens (including phenoxy) is 1. The highest BCUT2D eigenvalue weighted by Crippen LogP contribution is 2.13. The van der Waals surface area contributed by atoms with Gasteiger partial charge in [0.15, 0.2) is 0 Å². The fraction of sp³-hybridized carbons (Fsp3) is 0.600. The van der Waals surface area contributed by atoms with Gasteiger partial charge in [-0.25, -0.2) is 15.8 Å². The number of hydrogen-bond donors (Lipinski definition) is 2. The summed E-state index contributed by atoms with van der Waals surface area (Å²) in [5.74, 6) is 6.89. The zero-order valence-corrected chi connectivity index (χ0v) is 9.50. The molecule has 0 bridgehead atoms. The molecule has 0 saturated carbocycles. The van der Waals surface area contributed by atoms with Crippen molar-refractivity contribution in [2.24, 2.45) is 5.84 Å². The quantitative estimate of drug-likeness (QED) is 0.430. The Labute approximate surface area is 90.0 Å². The molecule has 1 aromatic heterocycles. The molecule has 0 fully saturated rings. The van der Waals surface area contributed by atoms with Gasteiger partial charge in [0.1, 0.15) is 11.6 Å². The summed E-state index contributed by atoms with van der Waals surface area (Å²) in [7, 11) is 1.69. The van der Waals surface area contributed by atoms with Crippen LogP contribution in [0, 0.1) is 13.8 Å². The minimum Gasteiger partial charge on any atom is -0.385 e. The molecular weight excluding hydrogens is 192 g/mol. The minimum atomic E-state index is 0.704. The topological polar surface area (TPSA) is 73.1 Å². The largest absolute Gasteiger partial charge is 0.385 e. The molecule has 0 amide bonds. The van der Waals surface area contributed by atoms with E-state index in [1.807, 2.05) is 13.8 Å². The maximum Gasteiger partial charge on any atom is 0.146 e. The molecule has 1 aromatic rings. The lowest BCUT2D eigenvalue weighted by atomic mass is 10.2. The van der Waals surface area contributed by atoms with Gasteiger partial charge in [0.05, 0.1) is 0 Å². The van der Waals surface area contributed by atoms with Crippen molar-refractivity contribution in [3.05, 3.63) is 17.1 Å². The molecule has 0 aliphatic heterocycles. The second kappa shape index (κ2) is 5.63. The summed E-state index contributed by atoms with van der Waals surface area (Å²) in [6.45, 7) is 4.63. The van der Waals surface area contributed by atoms with Gasteiger partial charge >= 0.3 is 0 Å². The van der Waals surface area contributed by atoms with Crippen molar-refractivity contribution in [2.75, 3.05) is 19.1 Å². The van der Waals surface area contributed by atoms with Crippen LogP contribution in [0.25, 0.3) is 0 Å². The van der Waals surface area contributed by atoms with Crippen LogP contribution in [-0.2, 0) is 11.2 Å². The van der Waals surface area contributed by atoms with Crippen molar-refractivity contribution in [3.8, 4) is 0 Å². The smallest absolute Gasteiger partial charge is 0.146 e. The summed E-state index contributed by atoms with van der Waals surface area (Å²) in [6.07, 6.45) is 1.73. The lowest BCUT2D eigenvalue weighted by Gasteiger charge is -2.09. The molecule has 0 unspecified atom stereocenters. The number of aromatic nitrogens is 2. The van der Waals surface area contributed by atoms with Gasteiger partial charge in [0, 0.05) is 31.4 Å². The van der Waals surface area contributed by atoms with Gasteiger partial charge in [-0.3, -0.25) is 0 Å². The predicted octanol–water partition coefficient (Wildman–Crippen LogP) is 0.958. The molecule has 15 heavy (non-hydrogen) atoms. The Hall–Kier alpha value is -1.20. The first-order valence-corrected chi connectivity index (χ1v) is 4.98. The normalized spacial score (nSPS) is 10.4. The first-order valence-electron chi connectivity index (χ1n) is 4.98. The molecule has 5 nitrogen and oxygen atoms in total. The standard InChI is InChI=1S/C10H18N4O/c1-7-8(2)12-9(5-4-6-15-3)13-10(7)14-11/h4-6,11H2,1-3H3,(H,12,13,14). The van der Waals surface area contributed by atoms with E-state index in [9.17, 15) is 0 Å². The van der Waals surface area contributed by atoms with E-state index in [-0.39, 0.29) is 0 Å². The number of hydrogen-bond acceptors (Lipinski definition) is 5. The molecule has 0 aliphatic rings. The number of methoxy groups -OCH3 is 1. The van der Waals surface area contributed by atoms with Crippen molar-refractivity contribution < 1.29 is 4.74 Å². The number of rotatable bonds is 5. The first-order chi connectivity index (χ1) is 7.19. The predicted molar refractivity (Wildman–Crippen MR) is 59.5 cm³/mol. The zero-order chi connectivity index (χ0) is 11.3. The minimum absolute atomic E-state index is 0.704. The highest BCUT2D eigenvalue weighted by atomic mass is 16.5. The van der Waals surface area contributed by atoms with Crippen LogP contribution < -0.4 is 11.3 Å². The van der Waals surface area contributed by atoms with Crippen LogP contribution in [0.15, 0.2) is 0 Å². The van der Waals surface area contributed by atoms with Crippen LogP contribution in [0.1, 0.15) is 23.5 Å². The number of anilines is 1. The fourth-order valence-corrected chi connectivity index (χ4v) is 1.31. The van der Waals surface area contributed by atoms with Crippen LogP contribution in [0.3, 0.4) is 0 Å². The Balaban J connectivity index is 2.77. The molecule has 0 aromatic carbocycles. The average molecular weight is 210 g/mol. The van der Waals surface area contributed by atoms with Gasteiger partial charge in [0.2, 0.25) is 0 Å². The Morgan fingerprint density at radius 3 is 2.67 bits per heavy atom. The van der Waals surface area contributed by atoms with Gasteiger partial charge in [-0.05, 0) is 20.3 Å². The summed E-state index contributed by atoms with van der Waals surface area (Å²) in [4.78, 5) is 8.71. The Bertz CT molecular complexity index is 327. The van der Waals surface area contributed by atoms with Crippen LogP contribution >= 0.6 is 0 Å². The van der Waals surface area contributed by atoms with Crippen molar-refractivity contribution in [1.82, 2.24) is 9.97 Å². The van der Waals surface area contributed by atoms with Crippen molar-refractivity contribution >= 4 is 5.82 Å². The third-order valence-electron chi connectivity index (χ3n) is 2.32. The SMILES string of the molecule is COCCCc1nc(C)c(C)c(NN)n1. The molecule has 3 N–H and O–H groups in total. The van der Waals surface area contributed by atoms with Crippen LogP contribution in [0.5, 0.6) is 0 Å². The number of nitrogens with one attached hydrogen (secondary N) is 1. The second-order valence-electron chi connectivity index (χ2n) is 3.44. The Morgan fingerprint density at radius 1 is 1.33 bits per heavy atom. The average Bonchev–Trinajstić information content (AvgIpc) is 2.23. The van der Waals surface area contributed by atoms with E-state index in [1.54, 1.807) is 7.11 Å². The van der Waals surface area contributed by atoms with E-state index in [1.165, 1.54) is 0 Å². The summed E-state index contributed by atoms with van der Waals surface area (Å²) >= 11 is 0. The van der Waals surface area contributed by atoms with Gasteiger partial charge in [-0.1, -0.05) is 0 Å².